The van der Waals surface area contributed by atoms with Gasteiger partial charge in [-0.05, 0) is 26.0 Å². The zero-order valence-electron chi connectivity index (χ0n) is 13.6. The van der Waals surface area contributed by atoms with Gasteiger partial charge in [-0.1, -0.05) is 17.7 Å². The second-order valence-electron chi connectivity index (χ2n) is 5.21. The molecule has 0 saturated carbocycles. The second kappa shape index (κ2) is 6.56. The molecule has 9 nitrogen and oxygen atoms in total. The number of hydrogen-bond acceptors (Lipinski definition) is 6. The van der Waals surface area contributed by atoms with Gasteiger partial charge < -0.3 is 4.74 Å². The maximum Gasteiger partial charge on any atom is 0.398 e. The molecule has 3 rings (SSSR count). The predicted octanol–water partition coefficient (Wildman–Crippen LogP) is 0.524. The molecule has 1 amide bonds. The Balaban J connectivity index is 1.97. The summed E-state index contributed by atoms with van der Waals surface area (Å²) in [6, 6.07) is 7.56. The molecule has 2 aromatic heterocycles. The SMILES string of the molecule is CCOC(=O)C(=O)Nn1cnc2c(cnn2-c2ccc(C)cc2)c1=O. The van der Waals surface area contributed by atoms with Crippen LogP contribution in [0.25, 0.3) is 16.7 Å². The Labute approximate surface area is 141 Å². The van der Waals surface area contributed by atoms with Crippen molar-refractivity contribution in [1.82, 2.24) is 19.4 Å². The van der Waals surface area contributed by atoms with E-state index in [9.17, 15) is 14.4 Å². The highest BCUT2D eigenvalue weighted by Crippen LogP contribution is 2.13. The largest absolute Gasteiger partial charge is 0.459 e. The first-order valence-electron chi connectivity index (χ1n) is 7.51. The molecular formula is C16H15N5O4. The predicted molar refractivity (Wildman–Crippen MR) is 88.9 cm³/mol. The third-order valence-electron chi connectivity index (χ3n) is 3.45. The standard InChI is InChI=1S/C16H15N5O4/c1-3-25-16(24)14(22)19-20-9-17-13-12(15(20)23)8-18-21(13)11-6-4-10(2)5-7-11/h4-9H,3H2,1-2H3,(H,19,22). The maximum absolute atomic E-state index is 12.4. The normalized spacial score (nSPS) is 10.6. The molecule has 0 spiro atoms. The van der Waals surface area contributed by atoms with E-state index in [-0.39, 0.29) is 12.0 Å². The van der Waals surface area contributed by atoms with Gasteiger partial charge in [0.2, 0.25) is 0 Å². The molecule has 3 aromatic rings. The Morgan fingerprint density at radius 1 is 1.24 bits per heavy atom. The second-order valence-corrected chi connectivity index (χ2v) is 5.21. The van der Waals surface area contributed by atoms with E-state index in [0.29, 0.717) is 5.65 Å². The molecule has 0 unspecified atom stereocenters. The summed E-state index contributed by atoms with van der Waals surface area (Å²) in [6.07, 6.45) is 2.48. The van der Waals surface area contributed by atoms with Crippen molar-refractivity contribution in [2.24, 2.45) is 0 Å². The first-order valence-corrected chi connectivity index (χ1v) is 7.51. The maximum atomic E-state index is 12.4. The van der Waals surface area contributed by atoms with Crippen molar-refractivity contribution in [2.45, 2.75) is 13.8 Å². The third-order valence-corrected chi connectivity index (χ3v) is 3.45. The Kier molecular flexibility index (Phi) is 4.29. The van der Waals surface area contributed by atoms with Crippen LogP contribution in [0, 0.1) is 6.92 Å². The molecule has 0 bridgehead atoms. The minimum absolute atomic E-state index is 0.0573. The van der Waals surface area contributed by atoms with Crippen molar-refractivity contribution in [1.29, 1.82) is 0 Å². The van der Waals surface area contributed by atoms with Crippen LogP contribution < -0.4 is 11.0 Å². The lowest BCUT2D eigenvalue weighted by atomic mass is 10.2. The van der Waals surface area contributed by atoms with E-state index in [0.717, 1.165) is 22.3 Å². The number of aryl methyl sites for hydroxylation is 1. The van der Waals surface area contributed by atoms with Crippen molar-refractivity contribution < 1.29 is 14.3 Å². The van der Waals surface area contributed by atoms with Crippen molar-refractivity contribution in [3.05, 3.63) is 52.7 Å². The van der Waals surface area contributed by atoms with Crippen LogP contribution in [0.2, 0.25) is 0 Å². The summed E-state index contributed by atoms with van der Waals surface area (Å²) in [7, 11) is 0. The fraction of sp³-hybridized carbons (Fsp3) is 0.188. The Morgan fingerprint density at radius 3 is 2.64 bits per heavy atom. The van der Waals surface area contributed by atoms with E-state index in [1.165, 1.54) is 10.9 Å². The van der Waals surface area contributed by atoms with E-state index < -0.39 is 17.4 Å². The van der Waals surface area contributed by atoms with E-state index >= 15 is 0 Å². The summed E-state index contributed by atoms with van der Waals surface area (Å²) in [6.45, 7) is 3.60. The van der Waals surface area contributed by atoms with Crippen molar-refractivity contribution in [2.75, 3.05) is 12.0 Å². The number of nitrogens with zero attached hydrogens (tertiary/aromatic N) is 4. The van der Waals surface area contributed by atoms with Crippen molar-refractivity contribution >= 4 is 22.9 Å². The van der Waals surface area contributed by atoms with Crippen LogP contribution in [0.15, 0.2) is 41.6 Å². The summed E-state index contributed by atoms with van der Waals surface area (Å²) in [5, 5.41) is 4.38. The smallest absolute Gasteiger partial charge is 0.398 e. The molecule has 0 radical (unpaired) electrons. The molecule has 128 valence electrons. The minimum atomic E-state index is -1.08. The van der Waals surface area contributed by atoms with Gasteiger partial charge in [0.25, 0.3) is 5.56 Å². The number of benzene rings is 1. The van der Waals surface area contributed by atoms with E-state index in [2.05, 4.69) is 20.2 Å². The van der Waals surface area contributed by atoms with Crippen LogP contribution in [0.4, 0.5) is 0 Å². The number of rotatable bonds is 3. The number of nitrogens with one attached hydrogen (secondary N) is 1. The average Bonchev–Trinajstić information content (AvgIpc) is 3.03. The first-order chi connectivity index (χ1) is 12.0. The van der Waals surface area contributed by atoms with Gasteiger partial charge in [0.05, 0.1) is 18.5 Å². The number of fused-ring (bicyclic) bond motifs is 1. The molecule has 25 heavy (non-hydrogen) atoms. The highest BCUT2D eigenvalue weighted by atomic mass is 16.5. The summed E-state index contributed by atoms with van der Waals surface area (Å²) >= 11 is 0. The number of amides is 1. The highest BCUT2D eigenvalue weighted by molar-refractivity contribution is 6.35. The zero-order chi connectivity index (χ0) is 18.0. The Bertz CT molecular complexity index is 1000. The number of esters is 1. The summed E-state index contributed by atoms with van der Waals surface area (Å²) in [5.41, 5.74) is 3.77. The number of carbonyl (C=O) groups is 2. The van der Waals surface area contributed by atoms with Crippen LogP contribution in [0.3, 0.4) is 0 Å². The van der Waals surface area contributed by atoms with Gasteiger partial charge in [-0.25, -0.2) is 24.6 Å². The highest BCUT2D eigenvalue weighted by Gasteiger charge is 2.17. The van der Waals surface area contributed by atoms with Crippen LogP contribution >= 0.6 is 0 Å². The van der Waals surface area contributed by atoms with E-state index in [1.54, 1.807) is 6.92 Å². The number of carbonyl (C=O) groups excluding carboxylic acids is 2. The number of hydrogen-bond donors (Lipinski definition) is 1. The van der Waals surface area contributed by atoms with Gasteiger partial charge in [-0.15, -0.1) is 0 Å². The fourth-order valence-corrected chi connectivity index (χ4v) is 2.22. The first kappa shape index (κ1) is 16.4. The van der Waals surface area contributed by atoms with Gasteiger partial charge >= 0.3 is 11.9 Å². The summed E-state index contributed by atoms with van der Waals surface area (Å²) in [5.74, 6) is -2.14. The van der Waals surface area contributed by atoms with Crippen LogP contribution in [-0.2, 0) is 14.3 Å². The van der Waals surface area contributed by atoms with Crippen LogP contribution in [-0.4, -0.2) is 37.9 Å². The fourth-order valence-electron chi connectivity index (χ4n) is 2.22. The Hall–Kier alpha value is -3.49. The molecule has 0 atom stereocenters. The topological polar surface area (TPSA) is 108 Å². The number of aromatic nitrogens is 4. The van der Waals surface area contributed by atoms with Crippen molar-refractivity contribution in [3.63, 3.8) is 0 Å². The molecule has 0 fully saturated rings. The molecule has 0 aliphatic rings. The van der Waals surface area contributed by atoms with Gasteiger partial charge in [-0.3, -0.25) is 9.59 Å². The number of ether oxygens (including phenoxy) is 1. The minimum Gasteiger partial charge on any atom is -0.459 e. The van der Waals surface area contributed by atoms with Gasteiger partial charge in [-0.2, -0.15) is 5.10 Å². The lowest BCUT2D eigenvalue weighted by Gasteiger charge is -2.07. The molecule has 0 saturated heterocycles. The zero-order valence-corrected chi connectivity index (χ0v) is 13.6. The third kappa shape index (κ3) is 3.11. The van der Waals surface area contributed by atoms with Gasteiger partial charge in [0.15, 0.2) is 5.65 Å². The van der Waals surface area contributed by atoms with E-state index in [4.69, 9.17) is 0 Å². The molecule has 0 aliphatic carbocycles. The molecule has 9 heteroatoms. The Morgan fingerprint density at radius 2 is 1.96 bits per heavy atom. The quantitative estimate of drug-likeness (QED) is 0.550. The molecule has 1 aromatic carbocycles. The van der Waals surface area contributed by atoms with Crippen LogP contribution in [0.5, 0.6) is 0 Å². The lowest BCUT2D eigenvalue weighted by molar-refractivity contribution is -0.152. The summed E-state index contributed by atoms with van der Waals surface area (Å²) < 4.78 is 6.92. The van der Waals surface area contributed by atoms with Crippen molar-refractivity contribution in [3.8, 4) is 5.69 Å². The monoisotopic (exact) mass is 341 g/mol. The summed E-state index contributed by atoms with van der Waals surface area (Å²) in [4.78, 5) is 39.6. The molecular weight excluding hydrogens is 326 g/mol. The average molecular weight is 341 g/mol. The van der Waals surface area contributed by atoms with Crippen LogP contribution in [0.1, 0.15) is 12.5 Å². The van der Waals surface area contributed by atoms with Gasteiger partial charge in [0, 0.05) is 0 Å². The molecule has 2 heterocycles. The van der Waals surface area contributed by atoms with Gasteiger partial charge in [0.1, 0.15) is 11.7 Å². The molecule has 1 N–H and O–H groups in total. The van der Waals surface area contributed by atoms with E-state index in [1.807, 2.05) is 31.2 Å². The lowest BCUT2D eigenvalue weighted by Crippen LogP contribution is -2.37. The molecule has 0 aliphatic heterocycles.